The van der Waals surface area contributed by atoms with Gasteiger partial charge in [0.25, 0.3) is 5.91 Å². The number of halogens is 1. The number of amides is 1. The highest BCUT2D eigenvalue weighted by Gasteiger charge is 2.24. The summed E-state index contributed by atoms with van der Waals surface area (Å²) >= 11 is 0. The zero-order valence-corrected chi connectivity index (χ0v) is 14.1. The average Bonchev–Trinajstić information content (AvgIpc) is 2.69. The molecule has 1 aliphatic heterocycles. The van der Waals surface area contributed by atoms with E-state index in [4.69, 9.17) is 4.74 Å². The highest BCUT2D eigenvalue weighted by atomic mass is 19.1. The number of para-hydroxylation sites is 1. The molecular formula is C22H18FNO2. The molecule has 1 amide bonds. The molecule has 0 spiro atoms. The minimum atomic E-state index is -0.429. The summed E-state index contributed by atoms with van der Waals surface area (Å²) in [6.07, 6.45) is 0.679. The monoisotopic (exact) mass is 347 g/mol. The van der Waals surface area contributed by atoms with E-state index in [1.165, 1.54) is 12.1 Å². The molecule has 0 bridgehead atoms. The Labute approximate surface area is 151 Å². The van der Waals surface area contributed by atoms with Gasteiger partial charge in [-0.2, -0.15) is 0 Å². The molecule has 26 heavy (non-hydrogen) atoms. The molecule has 1 N–H and O–H groups in total. The number of ether oxygens (including phenoxy) is 1. The van der Waals surface area contributed by atoms with Crippen LogP contribution in [-0.2, 0) is 0 Å². The largest absolute Gasteiger partial charge is 0.493 e. The summed E-state index contributed by atoms with van der Waals surface area (Å²) < 4.78 is 19.5. The number of hydrogen-bond donors (Lipinski definition) is 1. The quantitative estimate of drug-likeness (QED) is 0.743. The first-order chi connectivity index (χ1) is 12.7. The predicted octanol–water partition coefficient (Wildman–Crippen LogP) is 4.75. The van der Waals surface area contributed by atoms with Crippen molar-refractivity contribution in [2.75, 3.05) is 6.61 Å². The number of nitrogens with one attached hydrogen (secondary N) is 1. The molecule has 3 aromatic rings. The van der Waals surface area contributed by atoms with E-state index in [2.05, 4.69) is 5.32 Å². The van der Waals surface area contributed by atoms with Crippen LogP contribution in [0.2, 0.25) is 0 Å². The smallest absolute Gasteiger partial charge is 0.252 e. The number of benzene rings is 3. The summed E-state index contributed by atoms with van der Waals surface area (Å²) in [5.41, 5.74) is 2.87. The standard InChI is InChI=1S/C22H18FNO2/c23-16-10-11-17(15-6-2-1-3-7-15)19(14-16)22(25)24-20-12-13-26-21-9-5-4-8-18(20)21/h1-11,14,20H,12-13H2,(H,24,25)/t20-/m1/s1. The van der Waals surface area contributed by atoms with E-state index >= 15 is 0 Å². The fourth-order valence-corrected chi connectivity index (χ4v) is 3.30. The van der Waals surface area contributed by atoms with E-state index in [-0.39, 0.29) is 11.9 Å². The van der Waals surface area contributed by atoms with E-state index in [9.17, 15) is 9.18 Å². The molecule has 0 aromatic heterocycles. The van der Waals surface area contributed by atoms with Crippen LogP contribution >= 0.6 is 0 Å². The Kier molecular flexibility index (Phi) is 4.40. The van der Waals surface area contributed by atoms with Gasteiger partial charge in [0, 0.05) is 12.0 Å². The van der Waals surface area contributed by atoms with Gasteiger partial charge in [0.15, 0.2) is 0 Å². The first kappa shape index (κ1) is 16.3. The third-order valence-corrected chi connectivity index (χ3v) is 4.57. The third-order valence-electron chi connectivity index (χ3n) is 4.57. The molecular weight excluding hydrogens is 329 g/mol. The van der Waals surface area contributed by atoms with E-state index in [1.807, 2.05) is 54.6 Å². The molecule has 0 aliphatic carbocycles. The molecule has 4 rings (SSSR count). The minimum Gasteiger partial charge on any atom is -0.493 e. The van der Waals surface area contributed by atoms with Crippen molar-refractivity contribution < 1.29 is 13.9 Å². The van der Waals surface area contributed by atoms with E-state index < -0.39 is 5.82 Å². The van der Waals surface area contributed by atoms with Crippen molar-refractivity contribution in [3.8, 4) is 16.9 Å². The number of fused-ring (bicyclic) bond motifs is 1. The maximum absolute atomic E-state index is 13.8. The lowest BCUT2D eigenvalue weighted by Gasteiger charge is -2.27. The highest BCUT2D eigenvalue weighted by molar-refractivity contribution is 6.01. The van der Waals surface area contributed by atoms with Crippen molar-refractivity contribution >= 4 is 5.91 Å². The average molecular weight is 347 g/mol. The Hall–Kier alpha value is -3.14. The minimum absolute atomic E-state index is 0.153. The number of carbonyl (C=O) groups excluding carboxylic acids is 1. The van der Waals surface area contributed by atoms with Crippen molar-refractivity contribution in [1.29, 1.82) is 0 Å². The van der Waals surface area contributed by atoms with Crippen LogP contribution in [0.3, 0.4) is 0 Å². The van der Waals surface area contributed by atoms with Gasteiger partial charge < -0.3 is 10.1 Å². The van der Waals surface area contributed by atoms with Crippen LogP contribution in [0.4, 0.5) is 4.39 Å². The molecule has 0 unspecified atom stereocenters. The lowest BCUT2D eigenvalue weighted by Crippen LogP contribution is -2.32. The molecule has 3 aromatic carbocycles. The summed E-state index contributed by atoms with van der Waals surface area (Å²) in [6, 6.07) is 21.4. The number of rotatable bonds is 3. The maximum Gasteiger partial charge on any atom is 0.252 e. The lowest BCUT2D eigenvalue weighted by molar-refractivity contribution is 0.0925. The van der Waals surface area contributed by atoms with Crippen LogP contribution < -0.4 is 10.1 Å². The summed E-state index contributed by atoms with van der Waals surface area (Å²) in [5, 5.41) is 3.04. The second-order valence-electron chi connectivity index (χ2n) is 6.26. The van der Waals surface area contributed by atoms with Crippen molar-refractivity contribution in [2.45, 2.75) is 12.5 Å². The van der Waals surface area contributed by atoms with Gasteiger partial charge in [-0.15, -0.1) is 0 Å². The lowest BCUT2D eigenvalue weighted by atomic mass is 9.97. The maximum atomic E-state index is 13.8. The van der Waals surface area contributed by atoms with E-state index in [1.54, 1.807) is 6.07 Å². The van der Waals surface area contributed by atoms with Gasteiger partial charge in [-0.25, -0.2) is 4.39 Å². The van der Waals surface area contributed by atoms with E-state index in [0.29, 0.717) is 24.2 Å². The topological polar surface area (TPSA) is 38.3 Å². The van der Waals surface area contributed by atoms with Crippen molar-refractivity contribution in [3.63, 3.8) is 0 Å². The van der Waals surface area contributed by atoms with Crippen LogP contribution in [0.1, 0.15) is 28.4 Å². The Morgan fingerprint density at radius 2 is 1.77 bits per heavy atom. The Morgan fingerprint density at radius 3 is 2.62 bits per heavy atom. The number of carbonyl (C=O) groups is 1. The highest BCUT2D eigenvalue weighted by Crippen LogP contribution is 2.32. The summed E-state index contributed by atoms with van der Waals surface area (Å²) in [6.45, 7) is 0.538. The Morgan fingerprint density at radius 1 is 1.00 bits per heavy atom. The molecule has 0 radical (unpaired) electrons. The molecule has 3 nitrogen and oxygen atoms in total. The molecule has 1 atom stereocenters. The zero-order chi connectivity index (χ0) is 17.9. The molecule has 0 saturated heterocycles. The van der Waals surface area contributed by atoms with Gasteiger partial charge in [-0.1, -0.05) is 54.6 Å². The van der Waals surface area contributed by atoms with E-state index in [0.717, 1.165) is 16.9 Å². The fourth-order valence-electron chi connectivity index (χ4n) is 3.30. The van der Waals surface area contributed by atoms with Gasteiger partial charge in [-0.3, -0.25) is 4.79 Å². The van der Waals surface area contributed by atoms with Gasteiger partial charge in [0.1, 0.15) is 11.6 Å². The second-order valence-corrected chi connectivity index (χ2v) is 6.26. The fraction of sp³-hybridized carbons (Fsp3) is 0.136. The van der Waals surface area contributed by atoms with Gasteiger partial charge in [0.2, 0.25) is 0 Å². The summed E-state index contributed by atoms with van der Waals surface area (Å²) in [5.74, 6) is 0.0684. The van der Waals surface area contributed by atoms with Crippen molar-refractivity contribution in [1.82, 2.24) is 5.32 Å². The van der Waals surface area contributed by atoms with Gasteiger partial charge in [-0.05, 0) is 29.3 Å². The molecule has 0 saturated carbocycles. The van der Waals surface area contributed by atoms with Crippen LogP contribution in [0.15, 0.2) is 72.8 Å². The summed E-state index contributed by atoms with van der Waals surface area (Å²) in [7, 11) is 0. The first-order valence-corrected chi connectivity index (χ1v) is 8.60. The molecule has 1 aliphatic rings. The van der Waals surface area contributed by atoms with Crippen LogP contribution in [-0.4, -0.2) is 12.5 Å². The predicted molar refractivity (Wildman–Crippen MR) is 98.6 cm³/mol. The Bertz CT molecular complexity index is 940. The van der Waals surface area contributed by atoms with Crippen molar-refractivity contribution in [3.05, 3.63) is 89.7 Å². The van der Waals surface area contributed by atoms with Gasteiger partial charge >= 0.3 is 0 Å². The second kappa shape index (κ2) is 7.00. The third kappa shape index (κ3) is 3.18. The normalized spacial score (nSPS) is 15.7. The van der Waals surface area contributed by atoms with Crippen LogP contribution in [0, 0.1) is 5.82 Å². The molecule has 4 heteroatoms. The van der Waals surface area contributed by atoms with Crippen LogP contribution in [0.25, 0.3) is 11.1 Å². The number of hydrogen-bond acceptors (Lipinski definition) is 2. The summed E-state index contributed by atoms with van der Waals surface area (Å²) in [4.78, 5) is 13.0. The first-order valence-electron chi connectivity index (χ1n) is 8.60. The zero-order valence-electron chi connectivity index (χ0n) is 14.1. The van der Waals surface area contributed by atoms with Gasteiger partial charge in [0.05, 0.1) is 18.2 Å². The Balaban J connectivity index is 1.67. The molecule has 0 fully saturated rings. The SMILES string of the molecule is O=C(N[C@@H]1CCOc2ccccc21)c1cc(F)ccc1-c1ccccc1. The molecule has 130 valence electrons. The van der Waals surface area contributed by atoms with Crippen LogP contribution in [0.5, 0.6) is 5.75 Å². The molecule has 1 heterocycles. The van der Waals surface area contributed by atoms with Crippen molar-refractivity contribution in [2.24, 2.45) is 0 Å².